The van der Waals surface area contributed by atoms with E-state index in [4.69, 9.17) is 4.98 Å². The first-order chi connectivity index (χ1) is 9.85. The Labute approximate surface area is 131 Å². The van der Waals surface area contributed by atoms with Gasteiger partial charge in [-0.3, -0.25) is 0 Å². The molecule has 0 spiro atoms. The Morgan fingerprint density at radius 3 is 2.33 bits per heavy atom. The van der Waals surface area contributed by atoms with E-state index in [1.807, 2.05) is 0 Å². The summed E-state index contributed by atoms with van der Waals surface area (Å²) in [5.74, 6) is 2.26. The van der Waals surface area contributed by atoms with Crippen molar-refractivity contribution >= 4 is 5.82 Å². The van der Waals surface area contributed by atoms with Gasteiger partial charge in [0.2, 0.25) is 0 Å². The molecule has 3 heteroatoms. The van der Waals surface area contributed by atoms with Gasteiger partial charge in [-0.05, 0) is 49.4 Å². The fourth-order valence-corrected chi connectivity index (χ4v) is 2.51. The second kappa shape index (κ2) is 8.38. The van der Waals surface area contributed by atoms with E-state index < -0.39 is 0 Å². The monoisotopic (exact) mass is 291 g/mol. The van der Waals surface area contributed by atoms with Crippen LogP contribution in [0, 0.1) is 5.92 Å². The molecular formula is C18H33N3. The summed E-state index contributed by atoms with van der Waals surface area (Å²) in [6.07, 6.45) is 1.19. The minimum absolute atomic E-state index is 0.458. The molecule has 0 aliphatic rings. The van der Waals surface area contributed by atoms with Gasteiger partial charge in [0.15, 0.2) is 0 Å². The van der Waals surface area contributed by atoms with Crippen molar-refractivity contribution in [3.8, 4) is 0 Å². The van der Waals surface area contributed by atoms with Crippen molar-refractivity contribution in [1.29, 1.82) is 0 Å². The van der Waals surface area contributed by atoms with E-state index in [9.17, 15) is 0 Å². The van der Waals surface area contributed by atoms with Crippen molar-refractivity contribution in [1.82, 2.24) is 10.3 Å². The van der Waals surface area contributed by atoms with Gasteiger partial charge >= 0.3 is 0 Å². The van der Waals surface area contributed by atoms with Gasteiger partial charge in [-0.1, -0.05) is 34.6 Å². The number of nitrogens with zero attached hydrogens (tertiary/aromatic N) is 2. The van der Waals surface area contributed by atoms with Gasteiger partial charge in [0, 0.05) is 25.3 Å². The Balaban J connectivity index is 3.00. The Morgan fingerprint density at radius 1 is 1.14 bits per heavy atom. The number of aromatic nitrogens is 1. The summed E-state index contributed by atoms with van der Waals surface area (Å²) in [6, 6.07) is 4.97. The van der Waals surface area contributed by atoms with Crippen LogP contribution in [-0.2, 0) is 6.54 Å². The van der Waals surface area contributed by atoms with Crippen molar-refractivity contribution in [3.05, 3.63) is 23.4 Å². The minimum Gasteiger partial charge on any atom is -0.357 e. The molecule has 0 amide bonds. The van der Waals surface area contributed by atoms with Crippen LogP contribution in [-0.4, -0.2) is 24.6 Å². The van der Waals surface area contributed by atoms with Crippen LogP contribution in [0.1, 0.15) is 65.1 Å². The number of pyridine rings is 1. The molecule has 1 N–H and O–H groups in total. The third-order valence-electron chi connectivity index (χ3n) is 3.90. The van der Waals surface area contributed by atoms with E-state index in [2.05, 4.69) is 70.9 Å². The second-order valence-electron chi connectivity index (χ2n) is 6.78. The van der Waals surface area contributed by atoms with E-state index in [1.54, 1.807) is 0 Å². The van der Waals surface area contributed by atoms with Crippen molar-refractivity contribution < 1.29 is 0 Å². The molecule has 0 saturated heterocycles. The van der Waals surface area contributed by atoms with Crippen LogP contribution in [0.25, 0.3) is 0 Å². The predicted molar refractivity (Wildman–Crippen MR) is 93.0 cm³/mol. The highest BCUT2D eigenvalue weighted by atomic mass is 15.2. The van der Waals surface area contributed by atoms with Crippen LogP contribution in [0.3, 0.4) is 0 Å². The van der Waals surface area contributed by atoms with Gasteiger partial charge in [-0.2, -0.15) is 0 Å². The third-order valence-corrected chi connectivity index (χ3v) is 3.90. The van der Waals surface area contributed by atoms with Crippen molar-refractivity contribution in [2.24, 2.45) is 5.92 Å². The van der Waals surface area contributed by atoms with Gasteiger partial charge in [-0.25, -0.2) is 4.98 Å². The average molecular weight is 291 g/mol. The Kier molecular flexibility index (Phi) is 7.16. The zero-order valence-corrected chi connectivity index (χ0v) is 14.9. The summed E-state index contributed by atoms with van der Waals surface area (Å²) >= 11 is 0. The summed E-state index contributed by atoms with van der Waals surface area (Å²) in [7, 11) is 2.16. The van der Waals surface area contributed by atoms with E-state index in [0.717, 1.165) is 18.9 Å². The molecule has 21 heavy (non-hydrogen) atoms. The second-order valence-corrected chi connectivity index (χ2v) is 6.78. The number of nitrogens with one attached hydrogen (secondary N) is 1. The summed E-state index contributed by atoms with van der Waals surface area (Å²) in [5, 5.41) is 3.41. The molecule has 1 aromatic rings. The summed E-state index contributed by atoms with van der Waals surface area (Å²) in [5.41, 5.74) is 2.51. The van der Waals surface area contributed by atoms with Crippen LogP contribution in [0.15, 0.2) is 12.1 Å². The van der Waals surface area contributed by atoms with Crippen LogP contribution >= 0.6 is 0 Å². The van der Waals surface area contributed by atoms with E-state index in [1.165, 1.54) is 17.7 Å². The highest BCUT2D eigenvalue weighted by Gasteiger charge is 2.15. The third kappa shape index (κ3) is 5.66. The van der Waals surface area contributed by atoms with E-state index >= 15 is 0 Å². The highest BCUT2D eigenvalue weighted by molar-refractivity contribution is 5.43. The molecule has 3 nitrogen and oxygen atoms in total. The van der Waals surface area contributed by atoms with Gasteiger partial charge in [0.05, 0.1) is 0 Å². The molecule has 0 radical (unpaired) electrons. The highest BCUT2D eigenvalue weighted by Crippen LogP contribution is 2.22. The van der Waals surface area contributed by atoms with Gasteiger partial charge in [-0.15, -0.1) is 0 Å². The van der Waals surface area contributed by atoms with Crippen LogP contribution in [0.2, 0.25) is 0 Å². The first kappa shape index (κ1) is 18.0. The molecule has 1 heterocycles. The molecule has 0 aliphatic carbocycles. The first-order valence-corrected chi connectivity index (χ1v) is 8.29. The van der Waals surface area contributed by atoms with E-state index in [-0.39, 0.29) is 0 Å². The van der Waals surface area contributed by atoms with Gasteiger partial charge in [0.1, 0.15) is 5.82 Å². The zero-order valence-electron chi connectivity index (χ0n) is 14.9. The fourth-order valence-electron chi connectivity index (χ4n) is 2.51. The van der Waals surface area contributed by atoms with Crippen molar-refractivity contribution in [2.45, 2.75) is 66.5 Å². The SMILES string of the molecule is CCNCc1cc(C(C)C)nc(N(C)C(C)CC(C)C)c1. The maximum atomic E-state index is 4.87. The molecule has 0 saturated carbocycles. The summed E-state index contributed by atoms with van der Waals surface area (Å²) in [4.78, 5) is 7.19. The summed E-state index contributed by atoms with van der Waals surface area (Å²) < 4.78 is 0. The number of rotatable bonds is 8. The van der Waals surface area contributed by atoms with Gasteiger partial charge in [0.25, 0.3) is 0 Å². The van der Waals surface area contributed by atoms with Gasteiger partial charge < -0.3 is 10.2 Å². The molecule has 120 valence electrons. The molecule has 0 aromatic carbocycles. The van der Waals surface area contributed by atoms with Crippen LogP contribution < -0.4 is 10.2 Å². The Hall–Kier alpha value is -1.09. The molecule has 0 bridgehead atoms. The smallest absolute Gasteiger partial charge is 0.129 e. The molecule has 0 aliphatic heterocycles. The maximum Gasteiger partial charge on any atom is 0.129 e. The standard InChI is InChI=1S/C18H33N3/c1-8-19-12-16-10-17(14(4)5)20-18(11-16)21(7)15(6)9-13(2)3/h10-11,13-15,19H,8-9,12H2,1-7H3. The molecule has 1 rings (SSSR count). The fraction of sp³-hybridized carbons (Fsp3) is 0.722. The van der Waals surface area contributed by atoms with Crippen molar-refractivity contribution in [3.63, 3.8) is 0 Å². The number of hydrogen-bond donors (Lipinski definition) is 1. The number of anilines is 1. The quantitative estimate of drug-likeness (QED) is 0.778. The zero-order chi connectivity index (χ0) is 16.0. The largest absolute Gasteiger partial charge is 0.357 e. The first-order valence-electron chi connectivity index (χ1n) is 8.29. The summed E-state index contributed by atoms with van der Waals surface area (Å²) in [6.45, 7) is 15.3. The normalized spacial score (nSPS) is 13.0. The number of hydrogen-bond acceptors (Lipinski definition) is 3. The lowest BCUT2D eigenvalue weighted by atomic mass is 10.0. The lowest BCUT2D eigenvalue weighted by molar-refractivity contribution is 0.501. The molecule has 1 atom stereocenters. The molecule has 0 fully saturated rings. The Bertz CT molecular complexity index is 426. The predicted octanol–water partition coefficient (Wildman–Crippen LogP) is 4.19. The lowest BCUT2D eigenvalue weighted by Crippen LogP contribution is -2.31. The average Bonchev–Trinajstić information content (AvgIpc) is 2.43. The Morgan fingerprint density at radius 2 is 1.81 bits per heavy atom. The minimum atomic E-state index is 0.458. The lowest BCUT2D eigenvalue weighted by Gasteiger charge is -2.28. The molecule has 1 aromatic heterocycles. The van der Waals surface area contributed by atoms with Crippen molar-refractivity contribution in [2.75, 3.05) is 18.5 Å². The topological polar surface area (TPSA) is 28.2 Å². The van der Waals surface area contributed by atoms with Crippen LogP contribution in [0.4, 0.5) is 5.82 Å². The molecular weight excluding hydrogens is 258 g/mol. The van der Waals surface area contributed by atoms with Crippen LogP contribution in [0.5, 0.6) is 0 Å². The molecule has 1 unspecified atom stereocenters. The maximum absolute atomic E-state index is 4.87. The van der Waals surface area contributed by atoms with E-state index in [0.29, 0.717) is 17.9 Å².